The monoisotopic (exact) mass is 280 g/mol. The number of benzene rings is 1. The van der Waals surface area contributed by atoms with Crippen LogP contribution in [0.4, 0.5) is 0 Å². The number of halogens is 1. The van der Waals surface area contributed by atoms with Gasteiger partial charge in [-0.2, -0.15) is 0 Å². The molecule has 2 rings (SSSR count). The van der Waals surface area contributed by atoms with Gasteiger partial charge in [0.1, 0.15) is 4.88 Å². The highest BCUT2D eigenvalue weighted by molar-refractivity contribution is 7.12. The average Bonchev–Trinajstić information content (AvgIpc) is 2.77. The van der Waals surface area contributed by atoms with Crippen LogP contribution in [0, 0.1) is 0 Å². The Labute approximate surface area is 113 Å². The zero-order valence-electron chi connectivity index (χ0n) is 9.44. The van der Waals surface area contributed by atoms with Crippen LogP contribution in [0.1, 0.15) is 27.0 Å². The maximum atomic E-state index is 11.6. The van der Waals surface area contributed by atoms with Gasteiger partial charge in [-0.3, -0.25) is 4.79 Å². The van der Waals surface area contributed by atoms with Crippen molar-refractivity contribution < 1.29 is 14.7 Å². The minimum atomic E-state index is -1.01. The molecule has 2 aromatic rings. The van der Waals surface area contributed by atoms with E-state index in [-0.39, 0.29) is 10.7 Å². The van der Waals surface area contributed by atoms with Crippen molar-refractivity contribution >= 4 is 34.7 Å². The lowest BCUT2D eigenvalue weighted by atomic mass is 9.98. The number of hydrogen-bond acceptors (Lipinski definition) is 3. The van der Waals surface area contributed by atoms with Crippen LogP contribution < -0.4 is 0 Å². The number of carboxylic acids is 1. The van der Waals surface area contributed by atoms with Crippen LogP contribution in [0.2, 0.25) is 5.02 Å². The van der Waals surface area contributed by atoms with Gasteiger partial charge in [0.2, 0.25) is 0 Å². The van der Waals surface area contributed by atoms with Crippen molar-refractivity contribution in [2.45, 2.75) is 6.92 Å². The van der Waals surface area contributed by atoms with Crippen molar-refractivity contribution in [3.05, 3.63) is 45.1 Å². The summed E-state index contributed by atoms with van der Waals surface area (Å²) in [5.41, 5.74) is 1.56. The van der Waals surface area contributed by atoms with E-state index >= 15 is 0 Å². The second-order valence-electron chi connectivity index (χ2n) is 3.71. The maximum Gasteiger partial charge on any atom is 0.346 e. The Bertz CT molecular complexity index is 631. The maximum absolute atomic E-state index is 11.6. The van der Waals surface area contributed by atoms with E-state index in [0.29, 0.717) is 21.7 Å². The first-order valence-electron chi connectivity index (χ1n) is 5.12. The largest absolute Gasteiger partial charge is 0.477 e. The molecule has 0 bridgehead atoms. The second kappa shape index (κ2) is 4.92. The minimum Gasteiger partial charge on any atom is -0.477 e. The van der Waals surface area contributed by atoms with Crippen molar-refractivity contribution in [1.29, 1.82) is 0 Å². The summed E-state index contributed by atoms with van der Waals surface area (Å²) < 4.78 is 0. The van der Waals surface area contributed by atoms with Gasteiger partial charge in [-0.05, 0) is 42.1 Å². The minimum absolute atomic E-state index is 0.121. The smallest absolute Gasteiger partial charge is 0.346 e. The molecule has 0 aliphatic rings. The third-order valence-electron chi connectivity index (χ3n) is 2.51. The van der Waals surface area contributed by atoms with Gasteiger partial charge in [-0.25, -0.2) is 4.79 Å². The van der Waals surface area contributed by atoms with Gasteiger partial charge in [0.25, 0.3) is 0 Å². The first kappa shape index (κ1) is 12.8. The quantitative estimate of drug-likeness (QED) is 0.866. The summed E-state index contributed by atoms with van der Waals surface area (Å²) in [5, 5.41) is 11.3. The number of carbonyl (C=O) groups is 2. The van der Waals surface area contributed by atoms with Crippen LogP contribution in [0.25, 0.3) is 11.1 Å². The van der Waals surface area contributed by atoms with Crippen molar-refractivity contribution in [1.82, 2.24) is 0 Å². The number of Topliss-reactive ketones (excluding diaryl/α,β-unsaturated/α-hetero) is 1. The molecule has 0 saturated heterocycles. The molecule has 0 radical (unpaired) electrons. The fourth-order valence-electron chi connectivity index (χ4n) is 1.73. The molecule has 0 amide bonds. The van der Waals surface area contributed by atoms with Crippen LogP contribution in [0.3, 0.4) is 0 Å². The molecule has 1 N–H and O–H groups in total. The molecule has 1 heterocycles. The van der Waals surface area contributed by atoms with Gasteiger partial charge in [0.15, 0.2) is 5.78 Å². The topological polar surface area (TPSA) is 54.4 Å². The highest BCUT2D eigenvalue weighted by Crippen LogP contribution is 2.33. The lowest BCUT2D eigenvalue weighted by molar-refractivity contribution is 0.0702. The number of rotatable bonds is 3. The molecule has 0 aliphatic carbocycles. The van der Waals surface area contributed by atoms with Crippen molar-refractivity contribution in [2.24, 2.45) is 0 Å². The van der Waals surface area contributed by atoms with Gasteiger partial charge in [0.05, 0.1) is 0 Å². The Kier molecular flexibility index (Phi) is 3.50. The summed E-state index contributed by atoms with van der Waals surface area (Å²) in [6, 6.07) is 6.54. The summed E-state index contributed by atoms with van der Waals surface area (Å²) in [6.07, 6.45) is 0. The zero-order valence-corrected chi connectivity index (χ0v) is 11.0. The second-order valence-corrected chi connectivity index (χ2v) is 5.07. The highest BCUT2D eigenvalue weighted by atomic mass is 35.5. The summed E-state index contributed by atoms with van der Waals surface area (Å²) in [5.74, 6) is -1.13. The fraction of sp³-hybridized carbons (Fsp3) is 0.0769. The predicted octanol–water partition coefficient (Wildman–Crippen LogP) is 3.97. The molecular weight excluding hydrogens is 272 g/mol. The van der Waals surface area contributed by atoms with Crippen LogP contribution in [-0.4, -0.2) is 16.9 Å². The van der Waals surface area contributed by atoms with Crippen LogP contribution in [0.15, 0.2) is 29.6 Å². The molecule has 1 aromatic carbocycles. The molecule has 18 heavy (non-hydrogen) atoms. The number of hydrogen-bond donors (Lipinski definition) is 1. The summed E-state index contributed by atoms with van der Waals surface area (Å²) in [4.78, 5) is 22.9. The number of aromatic carboxylic acids is 1. The zero-order chi connectivity index (χ0) is 13.3. The molecule has 0 atom stereocenters. The fourth-order valence-corrected chi connectivity index (χ4v) is 2.65. The van der Waals surface area contributed by atoms with E-state index in [1.54, 1.807) is 29.6 Å². The number of carbonyl (C=O) groups excluding carboxylic acids is 1. The van der Waals surface area contributed by atoms with E-state index in [4.69, 9.17) is 16.7 Å². The van der Waals surface area contributed by atoms with Crippen molar-refractivity contribution in [2.75, 3.05) is 0 Å². The lowest BCUT2D eigenvalue weighted by Gasteiger charge is -2.07. The molecule has 5 heteroatoms. The first-order chi connectivity index (χ1) is 8.50. The average molecular weight is 281 g/mol. The Morgan fingerprint density at radius 2 is 1.94 bits per heavy atom. The van der Waals surface area contributed by atoms with Gasteiger partial charge < -0.3 is 5.11 Å². The summed E-state index contributed by atoms with van der Waals surface area (Å²) in [7, 11) is 0. The molecule has 3 nitrogen and oxygen atoms in total. The van der Waals surface area contributed by atoms with E-state index in [9.17, 15) is 9.59 Å². The van der Waals surface area contributed by atoms with Crippen molar-refractivity contribution in [3.8, 4) is 11.1 Å². The first-order valence-corrected chi connectivity index (χ1v) is 6.38. The van der Waals surface area contributed by atoms with E-state index in [0.717, 1.165) is 11.3 Å². The van der Waals surface area contributed by atoms with Crippen molar-refractivity contribution in [3.63, 3.8) is 0 Å². The normalized spacial score (nSPS) is 10.3. The third kappa shape index (κ3) is 2.30. The Morgan fingerprint density at radius 3 is 2.56 bits per heavy atom. The third-order valence-corrected chi connectivity index (χ3v) is 3.65. The number of thiophene rings is 1. The molecule has 92 valence electrons. The lowest BCUT2D eigenvalue weighted by Crippen LogP contribution is -1.99. The number of carboxylic acid groups (broad SMARTS) is 1. The Hall–Kier alpha value is -1.65. The van der Waals surface area contributed by atoms with E-state index in [2.05, 4.69) is 0 Å². The summed E-state index contributed by atoms with van der Waals surface area (Å²) in [6.45, 7) is 1.44. The molecule has 0 spiro atoms. The van der Waals surface area contributed by atoms with E-state index in [1.165, 1.54) is 6.92 Å². The van der Waals surface area contributed by atoms with Crippen LogP contribution in [-0.2, 0) is 0 Å². The highest BCUT2D eigenvalue weighted by Gasteiger charge is 2.17. The number of ketones is 1. The van der Waals surface area contributed by atoms with E-state index in [1.807, 2.05) is 0 Å². The molecule has 0 aliphatic heterocycles. The van der Waals surface area contributed by atoms with Gasteiger partial charge >= 0.3 is 5.97 Å². The molecule has 0 fully saturated rings. The Morgan fingerprint density at radius 1 is 1.22 bits per heavy atom. The van der Waals surface area contributed by atoms with Gasteiger partial charge in [-0.1, -0.05) is 11.6 Å². The molecular formula is C13H9ClO3S. The van der Waals surface area contributed by atoms with Crippen LogP contribution >= 0.6 is 22.9 Å². The van der Waals surface area contributed by atoms with Gasteiger partial charge in [0, 0.05) is 16.1 Å². The van der Waals surface area contributed by atoms with Crippen LogP contribution in [0.5, 0.6) is 0 Å². The standard InChI is InChI=1S/C13H9ClO3S/c1-7(15)9-3-2-8(14)6-11(9)10-4-5-18-12(10)13(16)17/h2-6H,1H3,(H,16,17). The van der Waals surface area contributed by atoms with Gasteiger partial charge in [-0.15, -0.1) is 11.3 Å². The molecule has 0 unspecified atom stereocenters. The Balaban J connectivity index is 2.69. The predicted molar refractivity (Wildman–Crippen MR) is 71.7 cm³/mol. The SMILES string of the molecule is CC(=O)c1ccc(Cl)cc1-c1ccsc1C(=O)O. The summed E-state index contributed by atoms with van der Waals surface area (Å²) >= 11 is 7.04. The molecule has 0 saturated carbocycles. The van der Waals surface area contributed by atoms with E-state index < -0.39 is 5.97 Å². The molecule has 1 aromatic heterocycles.